The Bertz CT molecular complexity index is 1010. The Morgan fingerprint density at radius 1 is 0.806 bits per heavy atom. The number of rotatable bonds is 8. The summed E-state index contributed by atoms with van der Waals surface area (Å²) >= 11 is 9.29. The van der Waals surface area contributed by atoms with Crippen LogP contribution in [0.15, 0.2) is 71.2 Å². The summed E-state index contributed by atoms with van der Waals surface area (Å²) in [6, 6.07) is 21.8. The molecule has 0 saturated carbocycles. The SMILES string of the molecule is COc1ccc(CN(Cc2ccc(Br)cc2)C(=S)Nc2ccc(OC)cc2OC)cc1. The van der Waals surface area contributed by atoms with E-state index in [1.165, 1.54) is 0 Å². The number of nitrogens with zero attached hydrogens (tertiary/aromatic N) is 1. The van der Waals surface area contributed by atoms with Crippen LogP contribution in [0.5, 0.6) is 17.2 Å². The van der Waals surface area contributed by atoms with Crippen LogP contribution in [0.2, 0.25) is 0 Å². The van der Waals surface area contributed by atoms with E-state index in [-0.39, 0.29) is 0 Å². The second kappa shape index (κ2) is 11.0. The van der Waals surface area contributed by atoms with Crippen LogP contribution in [0.3, 0.4) is 0 Å². The molecule has 3 aromatic carbocycles. The fourth-order valence-electron chi connectivity index (χ4n) is 3.06. The van der Waals surface area contributed by atoms with Gasteiger partial charge in [-0.1, -0.05) is 40.2 Å². The summed E-state index contributed by atoms with van der Waals surface area (Å²) in [5.41, 5.74) is 3.06. The first-order valence-corrected chi connectivity index (χ1v) is 10.9. The highest BCUT2D eigenvalue weighted by atomic mass is 79.9. The normalized spacial score (nSPS) is 10.3. The van der Waals surface area contributed by atoms with Crippen molar-refractivity contribution >= 4 is 38.9 Å². The molecule has 5 nitrogen and oxygen atoms in total. The summed E-state index contributed by atoms with van der Waals surface area (Å²) < 4.78 is 17.1. The summed E-state index contributed by atoms with van der Waals surface area (Å²) in [4.78, 5) is 2.12. The molecular formula is C24H25BrN2O3S. The number of methoxy groups -OCH3 is 3. The van der Waals surface area contributed by atoms with Crippen molar-refractivity contribution in [2.45, 2.75) is 13.1 Å². The summed E-state index contributed by atoms with van der Waals surface area (Å²) in [5.74, 6) is 2.21. The van der Waals surface area contributed by atoms with E-state index in [4.69, 9.17) is 26.4 Å². The van der Waals surface area contributed by atoms with Crippen molar-refractivity contribution in [1.82, 2.24) is 4.90 Å². The van der Waals surface area contributed by atoms with E-state index in [9.17, 15) is 0 Å². The maximum atomic E-state index is 5.79. The zero-order valence-electron chi connectivity index (χ0n) is 17.7. The quantitative estimate of drug-likeness (QED) is 0.390. The minimum atomic E-state index is 0.599. The van der Waals surface area contributed by atoms with Crippen LogP contribution in [0.1, 0.15) is 11.1 Å². The Morgan fingerprint density at radius 3 is 1.90 bits per heavy atom. The molecule has 1 N–H and O–H groups in total. The molecule has 0 amide bonds. The topological polar surface area (TPSA) is 43.0 Å². The van der Waals surface area contributed by atoms with Crippen LogP contribution in [0.25, 0.3) is 0 Å². The van der Waals surface area contributed by atoms with E-state index in [1.54, 1.807) is 21.3 Å². The van der Waals surface area contributed by atoms with Gasteiger partial charge in [0.05, 0.1) is 27.0 Å². The Hall–Kier alpha value is -2.77. The fraction of sp³-hybridized carbons (Fsp3) is 0.208. The predicted molar refractivity (Wildman–Crippen MR) is 132 cm³/mol. The summed E-state index contributed by atoms with van der Waals surface area (Å²) in [6.45, 7) is 1.30. The van der Waals surface area contributed by atoms with E-state index >= 15 is 0 Å². The van der Waals surface area contributed by atoms with Crippen molar-refractivity contribution in [3.05, 3.63) is 82.3 Å². The van der Waals surface area contributed by atoms with E-state index in [1.807, 2.05) is 54.6 Å². The van der Waals surface area contributed by atoms with Gasteiger partial charge in [0.25, 0.3) is 0 Å². The lowest BCUT2D eigenvalue weighted by atomic mass is 10.1. The fourth-order valence-corrected chi connectivity index (χ4v) is 3.56. The Labute approximate surface area is 197 Å². The number of halogens is 1. The molecule has 162 valence electrons. The van der Waals surface area contributed by atoms with Crippen molar-refractivity contribution in [2.75, 3.05) is 26.6 Å². The number of hydrogen-bond acceptors (Lipinski definition) is 4. The molecule has 0 aliphatic carbocycles. The standard InChI is InChI=1S/C24H25BrN2O3S/c1-28-20-10-6-18(7-11-20)16-27(15-17-4-8-19(25)9-5-17)24(31)26-22-13-12-21(29-2)14-23(22)30-3/h4-14H,15-16H2,1-3H3,(H,26,31). The lowest BCUT2D eigenvalue weighted by Crippen LogP contribution is -2.34. The molecule has 0 saturated heterocycles. The van der Waals surface area contributed by atoms with Crippen molar-refractivity contribution in [3.8, 4) is 17.2 Å². The van der Waals surface area contributed by atoms with Gasteiger partial charge in [0.2, 0.25) is 0 Å². The lowest BCUT2D eigenvalue weighted by molar-refractivity contribution is 0.394. The van der Waals surface area contributed by atoms with Crippen LogP contribution in [-0.4, -0.2) is 31.3 Å². The van der Waals surface area contributed by atoms with Gasteiger partial charge >= 0.3 is 0 Å². The Kier molecular flexibility index (Phi) is 8.14. The average molecular weight is 501 g/mol. The lowest BCUT2D eigenvalue weighted by Gasteiger charge is -2.27. The molecule has 31 heavy (non-hydrogen) atoms. The van der Waals surface area contributed by atoms with Gasteiger partial charge in [0.15, 0.2) is 5.11 Å². The second-order valence-corrected chi connectivity index (χ2v) is 8.13. The zero-order valence-corrected chi connectivity index (χ0v) is 20.1. The van der Waals surface area contributed by atoms with Crippen LogP contribution in [0, 0.1) is 0 Å². The highest BCUT2D eigenvalue weighted by molar-refractivity contribution is 9.10. The van der Waals surface area contributed by atoms with Gasteiger partial charge in [-0.3, -0.25) is 0 Å². The molecule has 7 heteroatoms. The number of ether oxygens (including phenoxy) is 3. The summed E-state index contributed by atoms with van der Waals surface area (Å²) in [7, 11) is 4.91. The molecule has 0 fully saturated rings. The summed E-state index contributed by atoms with van der Waals surface area (Å²) in [5, 5.41) is 3.93. The van der Waals surface area contributed by atoms with Crippen LogP contribution in [0.4, 0.5) is 5.69 Å². The van der Waals surface area contributed by atoms with E-state index < -0.39 is 0 Å². The minimum Gasteiger partial charge on any atom is -0.497 e. The van der Waals surface area contributed by atoms with Gasteiger partial charge in [-0.05, 0) is 59.7 Å². The Balaban J connectivity index is 1.83. The molecule has 3 rings (SSSR count). The molecule has 0 aliphatic heterocycles. The number of benzene rings is 3. The molecule has 0 unspecified atom stereocenters. The van der Waals surface area contributed by atoms with E-state index in [2.05, 4.69) is 38.3 Å². The van der Waals surface area contributed by atoms with E-state index in [0.717, 1.165) is 32.8 Å². The van der Waals surface area contributed by atoms with Crippen molar-refractivity contribution in [3.63, 3.8) is 0 Å². The van der Waals surface area contributed by atoms with E-state index in [0.29, 0.717) is 24.0 Å². The number of hydrogen-bond donors (Lipinski definition) is 1. The molecule has 0 heterocycles. The highest BCUT2D eigenvalue weighted by Crippen LogP contribution is 2.29. The van der Waals surface area contributed by atoms with Crippen molar-refractivity contribution in [2.24, 2.45) is 0 Å². The largest absolute Gasteiger partial charge is 0.497 e. The molecule has 0 spiro atoms. The average Bonchev–Trinajstić information content (AvgIpc) is 2.80. The number of anilines is 1. The molecule has 0 bridgehead atoms. The first kappa shape index (κ1) is 22.9. The predicted octanol–water partition coefficient (Wildman–Crippen LogP) is 5.87. The third kappa shape index (κ3) is 6.35. The van der Waals surface area contributed by atoms with Crippen LogP contribution < -0.4 is 19.5 Å². The molecule has 3 aromatic rings. The van der Waals surface area contributed by atoms with Gasteiger partial charge in [-0.15, -0.1) is 0 Å². The zero-order chi connectivity index (χ0) is 22.2. The number of nitrogens with one attached hydrogen (secondary N) is 1. The highest BCUT2D eigenvalue weighted by Gasteiger charge is 2.14. The smallest absolute Gasteiger partial charge is 0.174 e. The third-order valence-electron chi connectivity index (χ3n) is 4.76. The molecule has 0 atom stereocenters. The van der Waals surface area contributed by atoms with Crippen molar-refractivity contribution in [1.29, 1.82) is 0 Å². The van der Waals surface area contributed by atoms with Gasteiger partial charge in [0.1, 0.15) is 17.2 Å². The molecule has 0 aliphatic rings. The monoisotopic (exact) mass is 500 g/mol. The molecular weight excluding hydrogens is 476 g/mol. The van der Waals surface area contributed by atoms with Gasteiger partial charge < -0.3 is 24.4 Å². The molecule has 0 aromatic heterocycles. The Morgan fingerprint density at radius 2 is 1.35 bits per heavy atom. The molecule has 0 radical (unpaired) electrons. The second-order valence-electron chi connectivity index (χ2n) is 6.83. The minimum absolute atomic E-state index is 0.599. The van der Waals surface area contributed by atoms with Crippen molar-refractivity contribution < 1.29 is 14.2 Å². The first-order chi connectivity index (χ1) is 15.0. The maximum absolute atomic E-state index is 5.79. The van der Waals surface area contributed by atoms with Crippen LogP contribution >= 0.6 is 28.1 Å². The van der Waals surface area contributed by atoms with Crippen LogP contribution in [-0.2, 0) is 13.1 Å². The first-order valence-electron chi connectivity index (χ1n) is 9.67. The summed E-state index contributed by atoms with van der Waals surface area (Å²) in [6.07, 6.45) is 0. The van der Waals surface area contributed by atoms with Gasteiger partial charge in [-0.2, -0.15) is 0 Å². The third-order valence-corrected chi connectivity index (χ3v) is 5.65. The maximum Gasteiger partial charge on any atom is 0.174 e. The number of thiocarbonyl (C=S) groups is 1. The van der Waals surface area contributed by atoms with Gasteiger partial charge in [-0.25, -0.2) is 0 Å². The van der Waals surface area contributed by atoms with Gasteiger partial charge in [0, 0.05) is 23.6 Å².